The van der Waals surface area contributed by atoms with Crippen LogP contribution in [0.25, 0.3) is 0 Å². The summed E-state index contributed by atoms with van der Waals surface area (Å²) in [7, 11) is -3.60. The maximum Gasteiger partial charge on any atom is 0.243 e. The maximum atomic E-state index is 13.0. The Balaban J connectivity index is 1.74. The van der Waals surface area contributed by atoms with Crippen molar-refractivity contribution < 1.29 is 13.2 Å². The summed E-state index contributed by atoms with van der Waals surface area (Å²) in [5.41, 5.74) is 0.607. The van der Waals surface area contributed by atoms with Gasteiger partial charge in [-0.15, -0.1) is 0 Å². The Kier molecular flexibility index (Phi) is 5.96. The lowest BCUT2D eigenvalue weighted by Crippen LogP contribution is -2.45. The number of hydrogen-bond donors (Lipinski definition) is 1. The Labute approximate surface area is 159 Å². The van der Waals surface area contributed by atoms with Gasteiger partial charge in [0.05, 0.1) is 4.90 Å². The first-order valence-corrected chi connectivity index (χ1v) is 10.4. The molecule has 0 radical (unpaired) electrons. The SMILES string of the molecule is O=C(C[C@@H]1CCCCN1S(=O)(=O)c1ccccc1)Nc1cccc(Cl)c1. The largest absolute Gasteiger partial charge is 0.326 e. The van der Waals surface area contributed by atoms with Crippen molar-refractivity contribution in [1.82, 2.24) is 4.31 Å². The summed E-state index contributed by atoms with van der Waals surface area (Å²) in [5.74, 6) is -0.215. The second-order valence-corrected chi connectivity index (χ2v) is 8.67. The van der Waals surface area contributed by atoms with Crippen molar-refractivity contribution in [3.63, 3.8) is 0 Å². The number of halogens is 1. The molecule has 0 saturated carbocycles. The minimum atomic E-state index is -3.60. The third-order valence-electron chi connectivity index (χ3n) is 4.45. The van der Waals surface area contributed by atoms with Crippen LogP contribution in [0.3, 0.4) is 0 Å². The Morgan fingerprint density at radius 3 is 2.62 bits per heavy atom. The molecule has 26 heavy (non-hydrogen) atoms. The van der Waals surface area contributed by atoms with Gasteiger partial charge >= 0.3 is 0 Å². The number of carbonyl (C=O) groups is 1. The van der Waals surface area contributed by atoms with Gasteiger partial charge in [-0.25, -0.2) is 8.42 Å². The molecule has 0 unspecified atom stereocenters. The first-order chi connectivity index (χ1) is 12.5. The highest BCUT2D eigenvalue weighted by atomic mass is 35.5. The predicted octanol–water partition coefficient (Wildman–Crippen LogP) is 3.91. The minimum absolute atomic E-state index is 0.124. The van der Waals surface area contributed by atoms with E-state index >= 15 is 0 Å². The summed E-state index contributed by atoms with van der Waals surface area (Å²) in [6.07, 6.45) is 2.52. The normalized spacial score (nSPS) is 18.4. The number of hydrogen-bond acceptors (Lipinski definition) is 3. The predicted molar refractivity (Wildman–Crippen MR) is 103 cm³/mol. The van der Waals surface area contributed by atoms with E-state index < -0.39 is 10.0 Å². The molecule has 0 aromatic heterocycles. The highest BCUT2D eigenvalue weighted by molar-refractivity contribution is 7.89. The Bertz CT molecular complexity index is 871. The molecule has 1 saturated heterocycles. The summed E-state index contributed by atoms with van der Waals surface area (Å²) < 4.78 is 27.4. The average molecular weight is 393 g/mol. The lowest BCUT2D eigenvalue weighted by atomic mass is 10.0. The first-order valence-electron chi connectivity index (χ1n) is 8.59. The molecule has 1 amide bonds. The molecule has 7 heteroatoms. The second kappa shape index (κ2) is 8.20. The zero-order valence-corrected chi connectivity index (χ0v) is 15.8. The third-order valence-corrected chi connectivity index (χ3v) is 6.65. The van der Waals surface area contributed by atoms with Crippen LogP contribution in [0.4, 0.5) is 5.69 Å². The van der Waals surface area contributed by atoms with Crippen molar-refractivity contribution in [2.24, 2.45) is 0 Å². The van der Waals surface area contributed by atoms with Crippen molar-refractivity contribution in [2.75, 3.05) is 11.9 Å². The fourth-order valence-corrected chi connectivity index (χ4v) is 5.12. The van der Waals surface area contributed by atoms with Gasteiger partial charge in [-0.1, -0.05) is 42.3 Å². The Morgan fingerprint density at radius 2 is 1.88 bits per heavy atom. The number of piperidine rings is 1. The van der Waals surface area contributed by atoms with Crippen molar-refractivity contribution >= 4 is 33.2 Å². The number of amides is 1. The highest BCUT2D eigenvalue weighted by Gasteiger charge is 2.34. The standard InChI is InChI=1S/C19H21ClN2O3S/c20-15-7-6-8-16(13-15)21-19(23)14-17-9-4-5-12-22(17)26(24,25)18-10-2-1-3-11-18/h1-3,6-8,10-11,13,17H,4-5,9,12,14H2,(H,21,23)/t17-/m0/s1. The monoisotopic (exact) mass is 392 g/mol. The second-order valence-electron chi connectivity index (χ2n) is 6.34. The first kappa shape index (κ1) is 18.9. The van der Waals surface area contributed by atoms with Crippen LogP contribution in [0.1, 0.15) is 25.7 Å². The molecule has 1 atom stereocenters. The third kappa shape index (κ3) is 4.44. The molecule has 5 nitrogen and oxygen atoms in total. The smallest absolute Gasteiger partial charge is 0.243 e. The highest BCUT2D eigenvalue weighted by Crippen LogP contribution is 2.27. The van der Waals surface area contributed by atoms with E-state index in [-0.39, 0.29) is 23.3 Å². The summed E-state index contributed by atoms with van der Waals surface area (Å²) in [6.45, 7) is 0.437. The summed E-state index contributed by atoms with van der Waals surface area (Å²) in [4.78, 5) is 12.7. The number of carbonyl (C=O) groups excluding carboxylic acids is 1. The number of anilines is 1. The van der Waals surface area contributed by atoms with Gasteiger partial charge in [-0.05, 0) is 43.2 Å². The van der Waals surface area contributed by atoms with Gasteiger partial charge in [0.25, 0.3) is 0 Å². The molecule has 1 heterocycles. The zero-order chi connectivity index (χ0) is 18.6. The molecule has 1 aliphatic heterocycles. The fourth-order valence-electron chi connectivity index (χ4n) is 3.21. The molecule has 3 rings (SSSR count). The molecule has 138 valence electrons. The van der Waals surface area contributed by atoms with Gasteiger partial charge in [-0.2, -0.15) is 4.31 Å². The molecule has 2 aromatic carbocycles. The van der Waals surface area contributed by atoms with Crippen LogP contribution < -0.4 is 5.32 Å². The van der Waals surface area contributed by atoms with Gasteiger partial charge in [0.1, 0.15) is 0 Å². The molecule has 0 bridgehead atoms. The van der Waals surface area contributed by atoms with E-state index in [0.29, 0.717) is 23.7 Å². The van der Waals surface area contributed by atoms with E-state index in [1.807, 2.05) is 0 Å². The maximum absolute atomic E-state index is 13.0. The van der Waals surface area contributed by atoms with Crippen molar-refractivity contribution in [2.45, 2.75) is 36.6 Å². The topological polar surface area (TPSA) is 66.5 Å². The van der Waals surface area contributed by atoms with E-state index in [9.17, 15) is 13.2 Å². The summed E-state index contributed by atoms with van der Waals surface area (Å²) >= 11 is 5.93. The van der Waals surface area contributed by atoms with Crippen LogP contribution in [-0.2, 0) is 14.8 Å². The molecule has 1 aliphatic rings. The lowest BCUT2D eigenvalue weighted by molar-refractivity contribution is -0.117. The van der Waals surface area contributed by atoms with Crippen molar-refractivity contribution in [1.29, 1.82) is 0 Å². The number of nitrogens with zero attached hydrogens (tertiary/aromatic N) is 1. The molecule has 0 aliphatic carbocycles. The zero-order valence-electron chi connectivity index (χ0n) is 14.3. The van der Waals surface area contributed by atoms with E-state index in [1.165, 1.54) is 4.31 Å². The van der Waals surface area contributed by atoms with Crippen LogP contribution in [-0.4, -0.2) is 31.2 Å². The van der Waals surface area contributed by atoms with Crippen LogP contribution in [0.2, 0.25) is 5.02 Å². The fraction of sp³-hybridized carbons (Fsp3) is 0.316. The Morgan fingerprint density at radius 1 is 1.12 bits per heavy atom. The van der Waals surface area contributed by atoms with Gasteiger partial charge < -0.3 is 5.32 Å². The molecule has 2 aromatic rings. The van der Waals surface area contributed by atoms with Gasteiger partial charge in [0.15, 0.2) is 0 Å². The van der Waals surface area contributed by atoms with E-state index in [0.717, 1.165) is 12.8 Å². The van der Waals surface area contributed by atoms with Crippen LogP contribution >= 0.6 is 11.6 Å². The van der Waals surface area contributed by atoms with Crippen LogP contribution in [0.15, 0.2) is 59.5 Å². The Hall–Kier alpha value is -1.89. The number of benzene rings is 2. The number of nitrogens with one attached hydrogen (secondary N) is 1. The molecule has 1 N–H and O–H groups in total. The quantitative estimate of drug-likeness (QED) is 0.838. The number of sulfonamides is 1. The van der Waals surface area contributed by atoms with Crippen LogP contribution in [0, 0.1) is 0 Å². The van der Waals surface area contributed by atoms with Gasteiger partial charge in [-0.3, -0.25) is 4.79 Å². The van der Waals surface area contributed by atoms with E-state index in [1.54, 1.807) is 54.6 Å². The summed E-state index contributed by atoms with van der Waals surface area (Å²) in [5, 5.41) is 3.33. The van der Waals surface area contributed by atoms with E-state index in [2.05, 4.69) is 5.32 Å². The molecular formula is C19H21ClN2O3S. The minimum Gasteiger partial charge on any atom is -0.326 e. The van der Waals surface area contributed by atoms with E-state index in [4.69, 9.17) is 11.6 Å². The number of rotatable bonds is 5. The van der Waals surface area contributed by atoms with Crippen molar-refractivity contribution in [3.05, 3.63) is 59.6 Å². The van der Waals surface area contributed by atoms with Gasteiger partial charge in [0, 0.05) is 29.7 Å². The lowest BCUT2D eigenvalue weighted by Gasteiger charge is -2.34. The average Bonchev–Trinajstić information content (AvgIpc) is 2.63. The molecule has 1 fully saturated rings. The summed E-state index contributed by atoms with van der Waals surface area (Å²) in [6, 6.07) is 14.9. The van der Waals surface area contributed by atoms with Gasteiger partial charge in [0.2, 0.25) is 15.9 Å². The van der Waals surface area contributed by atoms with Crippen LogP contribution in [0.5, 0.6) is 0 Å². The van der Waals surface area contributed by atoms with Crippen molar-refractivity contribution in [3.8, 4) is 0 Å². The molecule has 0 spiro atoms. The molecular weight excluding hydrogens is 372 g/mol.